The van der Waals surface area contributed by atoms with E-state index in [1.165, 1.54) is 13.2 Å². The number of carbonyl (C=O) groups is 1. The van der Waals surface area contributed by atoms with E-state index in [0.29, 0.717) is 11.4 Å². The molecule has 1 fully saturated rings. The summed E-state index contributed by atoms with van der Waals surface area (Å²) < 4.78 is 10.2. The van der Waals surface area contributed by atoms with Gasteiger partial charge in [-0.25, -0.2) is 4.79 Å². The van der Waals surface area contributed by atoms with Crippen LogP contribution >= 0.6 is 0 Å². The zero-order chi connectivity index (χ0) is 16.1. The number of hydrogen-bond acceptors (Lipinski definition) is 6. The monoisotopic (exact) mass is 308 g/mol. The second-order valence-electron chi connectivity index (χ2n) is 5.07. The van der Waals surface area contributed by atoms with Gasteiger partial charge in [0.25, 0.3) is 5.69 Å². The van der Waals surface area contributed by atoms with Gasteiger partial charge in [0.05, 0.1) is 18.6 Å². The van der Waals surface area contributed by atoms with Crippen molar-refractivity contribution < 1.29 is 19.2 Å². The van der Waals surface area contributed by atoms with Gasteiger partial charge in [-0.3, -0.25) is 10.1 Å². The third-order valence-corrected chi connectivity index (χ3v) is 3.69. The third kappa shape index (κ3) is 3.29. The van der Waals surface area contributed by atoms with Gasteiger partial charge in [-0.1, -0.05) is 0 Å². The van der Waals surface area contributed by atoms with Crippen LogP contribution in [0, 0.1) is 10.1 Å². The smallest absolute Gasteiger partial charge is 0.342 e. The number of anilines is 1. The van der Waals surface area contributed by atoms with Crippen molar-refractivity contribution in [3.63, 3.8) is 0 Å². The van der Waals surface area contributed by atoms with E-state index in [1.807, 2.05) is 4.90 Å². The minimum absolute atomic E-state index is 0.0804. The minimum Gasteiger partial charge on any atom is -0.496 e. The fourth-order valence-electron chi connectivity index (χ4n) is 2.63. The molecular weight excluding hydrogens is 288 g/mol. The molecule has 0 saturated carbocycles. The molecule has 7 heteroatoms. The highest BCUT2D eigenvalue weighted by atomic mass is 16.6. The highest BCUT2D eigenvalue weighted by molar-refractivity contribution is 5.95. The summed E-state index contributed by atoms with van der Waals surface area (Å²) in [5.41, 5.74) is 0.483. The Bertz CT molecular complexity index is 567. The van der Waals surface area contributed by atoms with Crippen molar-refractivity contribution in [2.24, 2.45) is 0 Å². The van der Waals surface area contributed by atoms with Crippen LogP contribution < -0.4 is 9.64 Å². The van der Waals surface area contributed by atoms with E-state index in [1.54, 1.807) is 13.0 Å². The molecule has 0 aliphatic carbocycles. The zero-order valence-corrected chi connectivity index (χ0v) is 12.8. The lowest BCUT2D eigenvalue weighted by molar-refractivity contribution is -0.384. The molecule has 0 bridgehead atoms. The summed E-state index contributed by atoms with van der Waals surface area (Å²) in [6, 6.07) is 2.82. The summed E-state index contributed by atoms with van der Waals surface area (Å²) in [5.74, 6) is -0.322. The van der Waals surface area contributed by atoms with Gasteiger partial charge < -0.3 is 14.4 Å². The summed E-state index contributed by atoms with van der Waals surface area (Å²) in [5, 5.41) is 11.4. The van der Waals surface area contributed by atoms with Gasteiger partial charge in [-0.2, -0.15) is 0 Å². The van der Waals surface area contributed by atoms with Crippen molar-refractivity contribution in [1.29, 1.82) is 0 Å². The molecule has 1 heterocycles. The van der Waals surface area contributed by atoms with Crippen LogP contribution in [0.15, 0.2) is 12.1 Å². The molecule has 1 aliphatic heterocycles. The molecule has 0 atom stereocenters. The van der Waals surface area contributed by atoms with E-state index >= 15 is 0 Å². The Labute approximate surface area is 129 Å². The highest BCUT2D eigenvalue weighted by Crippen LogP contribution is 2.36. The molecule has 1 aromatic carbocycles. The van der Waals surface area contributed by atoms with E-state index < -0.39 is 10.9 Å². The number of benzene rings is 1. The van der Waals surface area contributed by atoms with Crippen LogP contribution in [0.2, 0.25) is 0 Å². The number of nitro groups is 1. The standard InChI is InChI=1S/C15H20N2O5/c1-3-22-15(18)11-9-13(17(19)20)12(10-14(11)21-2)16-7-5-4-6-8-16/h9-10H,3-8H2,1-2H3. The third-order valence-electron chi connectivity index (χ3n) is 3.69. The Kier molecular flexibility index (Phi) is 5.19. The van der Waals surface area contributed by atoms with Gasteiger partial charge in [-0.05, 0) is 26.2 Å². The summed E-state index contributed by atoms with van der Waals surface area (Å²) >= 11 is 0. The number of hydrogen-bond donors (Lipinski definition) is 0. The lowest BCUT2D eigenvalue weighted by Gasteiger charge is -2.28. The average molecular weight is 308 g/mol. The maximum absolute atomic E-state index is 11.9. The van der Waals surface area contributed by atoms with E-state index in [2.05, 4.69) is 0 Å². The number of piperidine rings is 1. The Morgan fingerprint density at radius 3 is 2.55 bits per heavy atom. The summed E-state index contributed by atoms with van der Waals surface area (Å²) in [6.45, 7) is 3.41. The SMILES string of the molecule is CCOC(=O)c1cc([N+](=O)[O-])c(N2CCCCC2)cc1OC. The van der Waals surface area contributed by atoms with E-state index in [9.17, 15) is 14.9 Å². The van der Waals surface area contributed by atoms with Crippen LogP contribution in [-0.2, 0) is 4.74 Å². The van der Waals surface area contributed by atoms with Crippen LogP contribution in [0.5, 0.6) is 5.75 Å². The van der Waals surface area contributed by atoms with Crippen molar-refractivity contribution in [3.05, 3.63) is 27.8 Å². The molecule has 0 N–H and O–H groups in total. The number of nitrogens with zero attached hydrogens (tertiary/aromatic N) is 2. The van der Waals surface area contributed by atoms with Crippen LogP contribution in [0.1, 0.15) is 36.5 Å². The van der Waals surface area contributed by atoms with Crippen LogP contribution in [0.3, 0.4) is 0 Å². The predicted molar refractivity (Wildman–Crippen MR) is 81.7 cm³/mol. The first-order valence-corrected chi connectivity index (χ1v) is 7.37. The largest absolute Gasteiger partial charge is 0.496 e. The van der Waals surface area contributed by atoms with Crippen molar-refractivity contribution in [2.45, 2.75) is 26.2 Å². The number of esters is 1. The van der Waals surface area contributed by atoms with Crippen LogP contribution in [0.4, 0.5) is 11.4 Å². The Balaban J connectivity index is 2.49. The molecule has 1 aromatic rings. The first kappa shape index (κ1) is 16.1. The second-order valence-corrected chi connectivity index (χ2v) is 5.07. The van der Waals surface area contributed by atoms with Gasteiger partial charge in [0, 0.05) is 25.2 Å². The fourth-order valence-corrected chi connectivity index (χ4v) is 2.63. The van der Waals surface area contributed by atoms with Crippen LogP contribution in [-0.4, -0.2) is 37.7 Å². The molecule has 0 amide bonds. The van der Waals surface area contributed by atoms with E-state index in [4.69, 9.17) is 9.47 Å². The number of methoxy groups -OCH3 is 1. The quantitative estimate of drug-likeness (QED) is 0.472. The number of ether oxygens (including phenoxy) is 2. The lowest BCUT2D eigenvalue weighted by atomic mass is 10.1. The van der Waals surface area contributed by atoms with E-state index in [0.717, 1.165) is 32.4 Å². The Hall–Kier alpha value is -2.31. The van der Waals surface area contributed by atoms with Crippen molar-refractivity contribution in [2.75, 3.05) is 31.7 Å². The van der Waals surface area contributed by atoms with Gasteiger partial charge in [0.15, 0.2) is 0 Å². The Morgan fingerprint density at radius 2 is 2.00 bits per heavy atom. The topological polar surface area (TPSA) is 81.9 Å². The molecule has 22 heavy (non-hydrogen) atoms. The molecule has 0 aromatic heterocycles. The maximum atomic E-state index is 11.9. The molecule has 2 rings (SSSR count). The minimum atomic E-state index is -0.618. The first-order valence-electron chi connectivity index (χ1n) is 7.37. The zero-order valence-electron chi connectivity index (χ0n) is 12.8. The molecule has 0 radical (unpaired) electrons. The molecule has 120 valence electrons. The molecule has 7 nitrogen and oxygen atoms in total. The lowest BCUT2D eigenvalue weighted by Crippen LogP contribution is -2.30. The van der Waals surface area contributed by atoms with Crippen LogP contribution in [0.25, 0.3) is 0 Å². The highest BCUT2D eigenvalue weighted by Gasteiger charge is 2.27. The van der Waals surface area contributed by atoms with Gasteiger partial charge in [-0.15, -0.1) is 0 Å². The number of rotatable bonds is 5. The number of nitro benzene ring substituents is 1. The predicted octanol–water partition coefficient (Wildman–Crippen LogP) is 2.77. The molecule has 0 unspecified atom stereocenters. The second kappa shape index (κ2) is 7.11. The van der Waals surface area contributed by atoms with Crippen molar-refractivity contribution in [3.8, 4) is 5.75 Å². The number of carbonyl (C=O) groups excluding carboxylic acids is 1. The van der Waals surface area contributed by atoms with Crippen molar-refractivity contribution in [1.82, 2.24) is 0 Å². The van der Waals surface area contributed by atoms with Gasteiger partial charge >= 0.3 is 5.97 Å². The van der Waals surface area contributed by atoms with E-state index in [-0.39, 0.29) is 17.9 Å². The molecular formula is C15H20N2O5. The summed E-state index contributed by atoms with van der Waals surface area (Å²) in [6.07, 6.45) is 3.13. The fraction of sp³-hybridized carbons (Fsp3) is 0.533. The van der Waals surface area contributed by atoms with Crippen molar-refractivity contribution >= 4 is 17.3 Å². The Morgan fingerprint density at radius 1 is 1.32 bits per heavy atom. The molecule has 0 spiro atoms. The average Bonchev–Trinajstić information content (AvgIpc) is 2.54. The van der Waals surface area contributed by atoms with Gasteiger partial charge in [0.1, 0.15) is 17.0 Å². The molecule has 1 saturated heterocycles. The van der Waals surface area contributed by atoms with Gasteiger partial charge in [0.2, 0.25) is 0 Å². The molecule has 1 aliphatic rings. The summed E-state index contributed by atoms with van der Waals surface area (Å²) in [7, 11) is 1.43. The first-order chi connectivity index (χ1) is 10.6. The maximum Gasteiger partial charge on any atom is 0.342 e. The normalized spacial score (nSPS) is 14.5. The summed E-state index contributed by atoms with van der Waals surface area (Å²) in [4.78, 5) is 24.8.